The highest BCUT2D eigenvalue weighted by molar-refractivity contribution is 8.00. The number of amides is 3. The Hall–Kier alpha value is -4.67. The van der Waals surface area contributed by atoms with Crippen LogP contribution in [-0.2, 0) is 22.6 Å². The molecule has 0 fully saturated rings. The van der Waals surface area contributed by atoms with E-state index < -0.39 is 28.7 Å². The second-order valence-electron chi connectivity index (χ2n) is 9.37. The number of carbonyl (C=O) groups excluding carboxylic acids is 3. The standard InChI is InChI=1S/C29H26N4O7S2/c1-3-23(26(36)32-27-22(13-30)19-9-10-33(15(2)34)14-24(19)42-27)41-18-6-4-5-17(12-18)31-25(35)20-8-7-16(28(37)38)11-21(20)29(39)40/h4-8,11-12,23H,3,9-10,14H2,1-2H3,(H,31,35)(H,32,36)(H,37,38)(H,39,40). The van der Waals surface area contributed by atoms with Gasteiger partial charge in [-0.25, -0.2) is 9.59 Å². The number of rotatable bonds is 9. The van der Waals surface area contributed by atoms with E-state index >= 15 is 0 Å². The molecular formula is C29H26N4O7S2. The van der Waals surface area contributed by atoms with E-state index in [2.05, 4.69) is 16.7 Å². The predicted molar refractivity (Wildman–Crippen MR) is 157 cm³/mol. The van der Waals surface area contributed by atoms with Crippen molar-refractivity contribution in [3.05, 3.63) is 75.2 Å². The molecule has 0 saturated heterocycles. The molecule has 3 amide bonds. The normalized spacial score (nSPS) is 12.9. The minimum Gasteiger partial charge on any atom is -0.478 e. The fourth-order valence-corrected chi connectivity index (χ4v) is 6.69. The number of nitrogens with zero attached hydrogens (tertiary/aromatic N) is 2. The van der Waals surface area contributed by atoms with Crippen LogP contribution in [0.3, 0.4) is 0 Å². The molecule has 1 atom stereocenters. The summed E-state index contributed by atoms with van der Waals surface area (Å²) in [4.78, 5) is 64.1. The van der Waals surface area contributed by atoms with Gasteiger partial charge >= 0.3 is 11.9 Å². The van der Waals surface area contributed by atoms with Gasteiger partial charge in [0.25, 0.3) is 5.91 Å². The van der Waals surface area contributed by atoms with Gasteiger partial charge in [0, 0.05) is 28.9 Å². The third-order valence-electron chi connectivity index (χ3n) is 6.63. The van der Waals surface area contributed by atoms with Crippen LogP contribution in [0.4, 0.5) is 10.7 Å². The number of hydrogen-bond donors (Lipinski definition) is 4. The van der Waals surface area contributed by atoms with Crippen molar-refractivity contribution in [2.24, 2.45) is 0 Å². The molecule has 1 aliphatic heterocycles. The van der Waals surface area contributed by atoms with Crippen LogP contribution in [0.5, 0.6) is 0 Å². The van der Waals surface area contributed by atoms with Crippen molar-refractivity contribution in [2.75, 3.05) is 17.2 Å². The number of thioether (sulfide) groups is 1. The summed E-state index contributed by atoms with van der Waals surface area (Å²) in [6, 6.07) is 12.1. The van der Waals surface area contributed by atoms with Crippen molar-refractivity contribution in [3.8, 4) is 6.07 Å². The molecule has 1 aliphatic rings. The van der Waals surface area contributed by atoms with Crippen molar-refractivity contribution in [3.63, 3.8) is 0 Å². The van der Waals surface area contributed by atoms with Gasteiger partial charge in [0.05, 0.1) is 34.0 Å². The second-order valence-corrected chi connectivity index (χ2v) is 11.7. The van der Waals surface area contributed by atoms with Gasteiger partial charge < -0.3 is 25.7 Å². The van der Waals surface area contributed by atoms with E-state index in [9.17, 15) is 34.3 Å². The van der Waals surface area contributed by atoms with Crippen LogP contribution < -0.4 is 10.6 Å². The molecule has 3 aromatic rings. The first-order valence-electron chi connectivity index (χ1n) is 12.8. The lowest BCUT2D eigenvalue weighted by molar-refractivity contribution is -0.129. The highest BCUT2D eigenvalue weighted by Gasteiger charge is 2.28. The Kier molecular flexibility index (Phi) is 9.29. The first-order chi connectivity index (χ1) is 20.0. The van der Waals surface area contributed by atoms with Gasteiger partial charge in [-0.15, -0.1) is 23.1 Å². The quantitative estimate of drug-likeness (QED) is 0.252. The fourth-order valence-electron chi connectivity index (χ4n) is 4.46. The summed E-state index contributed by atoms with van der Waals surface area (Å²) in [7, 11) is 0. The molecule has 2 aromatic carbocycles. The molecule has 216 valence electrons. The Morgan fingerprint density at radius 3 is 2.48 bits per heavy atom. The summed E-state index contributed by atoms with van der Waals surface area (Å²) in [6.07, 6.45) is 1.02. The molecule has 0 saturated carbocycles. The largest absolute Gasteiger partial charge is 0.478 e. The highest BCUT2D eigenvalue weighted by Crippen LogP contribution is 2.37. The number of carboxylic acids is 2. The van der Waals surface area contributed by atoms with Gasteiger partial charge in [-0.3, -0.25) is 14.4 Å². The summed E-state index contributed by atoms with van der Waals surface area (Å²) >= 11 is 2.57. The van der Waals surface area contributed by atoms with Crippen LogP contribution in [0.15, 0.2) is 47.4 Å². The Bertz CT molecular complexity index is 1640. The molecule has 4 N–H and O–H groups in total. The van der Waals surface area contributed by atoms with Crippen LogP contribution in [0.2, 0.25) is 0 Å². The molecule has 42 heavy (non-hydrogen) atoms. The van der Waals surface area contributed by atoms with Gasteiger partial charge in [-0.2, -0.15) is 5.26 Å². The summed E-state index contributed by atoms with van der Waals surface area (Å²) in [5, 5.41) is 33.9. The van der Waals surface area contributed by atoms with Gasteiger partial charge in [0.1, 0.15) is 11.1 Å². The van der Waals surface area contributed by atoms with Crippen LogP contribution in [0.25, 0.3) is 0 Å². The highest BCUT2D eigenvalue weighted by atomic mass is 32.2. The van der Waals surface area contributed by atoms with Gasteiger partial charge in [-0.1, -0.05) is 13.0 Å². The second kappa shape index (κ2) is 12.9. The van der Waals surface area contributed by atoms with E-state index in [4.69, 9.17) is 5.11 Å². The van der Waals surface area contributed by atoms with Gasteiger partial charge in [-0.05, 0) is 54.8 Å². The number of fused-ring (bicyclic) bond motifs is 1. The van der Waals surface area contributed by atoms with Crippen LogP contribution in [-0.4, -0.2) is 56.6 Å². The van der Waals surface area contributed by atoms with E-state index in [1.165, 1.54) is 30.0 Å². The molecule has 11 nitrogen and oxygen atoms in total. The van der Waals surface area contributed by atoms with E-state index in [0.29, 0.717) is 47.1 Å². The Morgan fingerprint density at radius 2 is 1.83 bits per heavy atom. The molecule has 0 radical (unpaired) electrons. The molecule has 4 rings (SSSR count). The van der Waals surface area contributed by atoms with Gasteiger partial charge in [0.15, 0.2) is 0 Å². The van der Waals surface area contributed by atoms with Crippen LogP contribution in [0, 0.1) is 11.3 Å². The Morgan fingerprint density at radius 1 is 1.07 bits per heavy atom. The molecule has 0 spiro atoms. The van der Waals surface area contributed by atoms with E-state index in [1.807, 2.05) is 6.92 Å². The molecule has 1 aromatic heterocycles. The molecule has 0 bridgehead atoms. The Labute approximate surface area is 249 Å². The number of nitrogens with one attached hydrogen (secondary N) is 2. The van der Waals surface area contributed by atoms with E-state index in [-0.39, 0.29) is 22.9 Å². The topological polar surface area (TPSA) is 177 Å². The number of thiophene rings is 1. The minimum atomic E-state index is -1.44. The first kappa shape index (κ1) is 30.3. The van der Waals surface area contributed by atoms with Crippen molar-refractivity contribution in [2.45, 2.75) is 43.4 Å². The maximum atomic E-state index is 13.3. The maximum absolute atomic E-state index is 13.3. The number of carbonyl (C=O) groups is 5. The van der Waals surface area contributed by atoms with Gasteiger partial charge in [0.2, 0.25) is 11.8 Å². The summed E-state index contributed by atoms with van der Waals surface area (Å²) < 4.78 is 0. The van der Waals surface area contributed by atoms with E-state index in [1.54, 1.807) is 29.2 Å². The summed E-state index contributed by atoms with van der Waals surface area (Å²) in [5.74, 6) is -3.82. The molecule has 13 heteroatoms. The Balaban J connectivity index is 1.47. The number of aromatic carboxylic acids is 2. The van der Waals surface area contributed by atoms with Crippen LogP contribution >= 0.6 is 23.1 Å². The zero-order valence-electron chi connectivity index (χ0n) is 22.6. The predicted octanol–water partition coefficient (Wildman–Crippen LogP) is 4.68. The minimum absolute atomic E-state index is 0.0440. The number of hydrogen-bond acceptors (Lipinski definition) is 8. The average molecular weight is 607 g/mol. The SMILES string of the molecule is CCC(Sc1cccc(NC(=O)c2ccc(C(=O)O)cc2C(=O)O)c1)C(=O)Nc1sc2c(c1C#N)CCN(C(C)=O)C2. The molecular weight excluding hydrogens is 580 g/mol. The lowest BCUT2D eigenvalue weighted by Gasteiger charge is -2.25. The third kappa shape index (κ3) is 6.62. The lowest BCUT2D eigenvalue weighted by Crippen LogP contribution is -2.33. The van der Waals surface area contributed by atoms with Crippen molar-refractivity contribution >= 4 is 63.4 Å². The number of carboxylic acid groups (broad SMARTS) is 2. The summed E-state index contributed by atoms with van der Waals surface area (Å²) in [5.41, 5.74) is 0.744. The zero-order valence-corrected chi connectivity index (χ0v) is 24.2. The number of anilines is 2. The van der Waals surface area contributed by atoms with E-state index in [0.717, 1.165) is 28.6 Å². The smallest absolute Gasteiger partial charge is 0.336 e. The van der Waals surface area contributed by atoms with Crippen LogP contribution in [0.1, 0.15) is 67.3 Å². The fraction of sp³-hybridized carbons (Fsp3) is 0.241. The monoisotopic (exact) mass is 606 g/mol. The third-order valence-corrected chi connectivity index (χ3v) is 9.12. The lowest BCUT2D eigenvalue weighted by atomic mass is 10.0. The van der Waals surface area contributed by atoms with Crippen molar-refractivity contribution in [1.82, 2.24) is 4.90 Å². The molecule has 2 heterocycles. The van der Waals surface area contributed by atoms with Crippen molar-refractivity contribution < 1.29 is 34.2 Å². The molecule has 1 unspecified atom stereocenters. The zero-order chi connectivity index (χ0) is 30.6. The number of benzene rings is 2. The van der Waals surface area contributed by atoms with Crippen molar-refractivity contribution in [1.29, 1.82) is 5.26 Å². The average Bonchev–Trinajstić information content (AvgIpc) is 3.31. The molecule has 0 aliphatic carbocycles. The number of nitriles is 1. The first-order valence-corrected chi connectivity index (χ1v) is 14.5. The summed E-state index contributed by atoms with van der Waals surface area (Å²) in [6.45, 7) is 4.28. The maximum Gasteiger partial charge on any atom is 0.336 e.